The van der Waals surface area contributed by atoms with Gasteiger partial charge in [0.1, 0.15) is 17.6 Å². The van der Waals surface area contributed by atoms with E-state index in [1.54, 1.807) is 18.9 Å². The number of carbonyl (C=O) groups is 1. The molecule has 0 saturated carbocycles. The minimum Gasteiger partial charge on any atom is -0.497 e. The number of carbonyl (C=O) groups excluding carboxylic acids is 1. The first-order valence-electron chi connectivity index (χ1n) is 9.28. The van der Waals surface area contributed by atoms with Crippen molar-refractivity contribution in [1.82, 2.24) is 20.0 Å². The van der Waals surface area contributed by atoms with Crippen LogP contribution in [0.15, 0.2) is 28.8 Å². The van der Waals surface area contributed by atoms with Crippen LogP contribution >= 0.6 is 0 Å². The molecule has 0 atom stereocenters. The Bertz CT molecular complexity index is 1100. The van der Waals surface area contributed by atoms with E-state index in [9.17, 15) is 10.1 Å². The lowest BCUT2D eigenvalue weighted by atomic mass is 10.1. The van der Waals surface area contributed by atoms with Gasteiger partial charge < -0.3 is 19.1 Å². The molecule has 9 heteroatoms. The molecule has 1 aliphatic heterocycles. The summed E-state index contributed by atoms with van der Waals surface area (Å²) in [5, 5.41) is 14.2. The van der Waals surface area contributed by atoms with Gasteiger partial charge in [-0.25, -0.2) is 4.98 Å². The molecule has 148 valence electrons. The molecular weight excluding hydrogens is 372 g/mol. The summed E-state index contributed by atoms with van der Waals surface area (Å²) >= 11 is 0. The number of aryl methyl sites for hydroxylation is 1. The molecule has 0 spiro atoms. The quantitative estimate of drug-likeness (QED) is 0.660. The highest BCUT2D eigenvalue weighted by atomic mass is 16.5. The molecule has 4 rings (SSSR count). The molecule has 1 aromatic carbocycles. The number of methoxy groups -OCH3 is 1. The number of amides is 1. The maximum atomic E-state index is 12.5. The first-order valence-corrected chi connectivity index (χ1v) is 9.28. The van der Waals surface area contributed by atoms with Crippen molar-refractivity contribution in [3.05, 3.63) is 41.5 Å². The number of anilines is 1. The van der Waals surface area contributed by atoms with E-state index in [-0.39, 0.29) is 12.3 Å². The molecule has 0 radical (unpaired) electrons. The fourth-order valence-electron chi connectivity index (χ4n) is 3.42. The van der Waals surface area contributed by atoms with Gasteiger partial charge in [0.2, 0.25) is 11.8 Å². The van der Waals surface area contributed by atoms with E-state index in [0.29, 0.717) is 49.3 Å². The Morgan fingerprint density at radius 3 is 2.69 bits per heavy atom. The maximum Gasteiger partial charge on any atom is 0.230 e. The van der Waals surface area contributed by atoms with E-state index in [4.69, 9.17) is 14.2 Å². The highest BCUT2D eigenvalue weighted by Gasteiger charge is 2.25. The zero-order valence-corrected chi connectivity index (χ0v) is 16.3. The van der Waals surface area contributed by atoms with Crippen molar-refractivity contribution >= 4 is 22.6 Å². The van der Waals surface area contributed by atoms with E-state index >= 15 is 0 Å². The third kappa shape index (κ3) is 3.82. The van der Waals surface area contributed by atoms with Crippen molar-refractivity contribution < 1.29 is 14.1 Å². The molecular formula is C20H20N6O3. The topological polar surface area (TPSA) is 108 Å². The van der Waals surface area contributed by atoms with Gasteiger partial charge >= 0.3 is 0 Å². The second-order valence-corrected chi connectivity index (χ2v) is 6.80. The standard InChI is InChI=1S/C20H20N6O3/c1-13-22-18(24-29-13)11-19(27)25-5-7-26(8-6-25)20-15(12-21)9-14-10-16(28-2)3-4-17(14)23-20/h3-4,9-10H,5-8,11H2,1-2H3. The summed E-state index contributed by atoms with van der Waals surface area (Å²) in [6.45, 7) is 3.98. The van der Waals surface area contributed by atoms with Crippen LogP contribution in [0.3, 0.4) is 0 Å². The van der Waals surface area contributed by atoms with Gasteiger partial charge in [0, 0.05) is 38.5 Å². The minimum atomic E-state index is -0.0375. The van der Waals surface area contributed by atoms with Crippen LogP contribution in [0.4, 0.5) is 5.82 Å². The van der Waals surface area contributed by atoms with Crippen LogP contribution in [0.25, 0.3) is 10.9 Å². The number of hydrogen-bond acceptors (Lipinski definition) is 8. The Hall–Kier alpha value is -3.67. The Balaban J connectivity index is 1.48. The first-order chi connectivity index (χ1) is 14.1. The third-order valence-corrected chi connectivity index (χ3v) is 4.93. The van der Waals surface area contributed by atoms with Gasteiger partial charge in [-0.15, -0.1) is 0 Å². The summed E-state index contributed by atoms with van der Waals surface area (Å²) in [5.41, 5.74) is 1.30. The Morgan fingerprint density at radius 1 is 1.24 bits per heavy atom. The molecule has 1 saturated heterocycles. The van der Waals surface area contributed by atoms with E-state index in [1.807, 2.05) is 29.2 Å². The molecule has 0 unspecified atom stereocenters. The van der Waals surface area contributed by atoms with Gasteiger partial charge in [0.25, 0.3) is 0 Å². The normalized spacial score (nSPS) is 14.1. The van der Waals surface area contributed by atoms with Crippen LogP contribution in [0.5, 0.6) is 5.75 Å². The molecule has 3 aromatic rings. The fourth-order valence-corrected chi connectivity index (χ4v) is 3.42. The molecule has 29 heavy (non-hydrogen) atoms. The van der Waals surface area contributed by atoms with Crippen molar-refractivity contribution in [2.24, 2.45) is 0 Å². The van der Waals surface area contributed by atoms with Crippen molar-refractivity contribution in [2.45, 2.75) is 13.3 Å². The predicted octanol–water partition coefficient (Wildman–Crippen LogP) is 1.70. The summed E-state index contributed by atoms with van der Waals surface area (Å²) in [7, 11) is 1.61. The number of rotatable bonds is 4. The van der Waals surface area contributed by atoms with E-state index in [0.717, 1.165) is 16.7 Å². The van der Waals surface area contributed by atoms with E-state index in [1.165, 1.54) is 0 Å². The van der Waals surface area contributed by atoms with Gasteiger partial charge in [0.05, 0.1) is 24.6 Å². The van der Waals surface area contributed by atoms with Crippen LogP contribution in [0.1, 0.15) is 17.3 Å². The van der Waals surface area contributed by atoms with Gasteiger partial charge in [-0.2, -0.15) is 10.2 Å². The molecule has 0 bridgehead atoms. The fraction of sp³-hybridized carbons (Fsp3) is 0.350. The number of pyridine rings is 1. The van der Waals surface area contributed by atoms with Crippen molar-refractivity contribution in [1.29, 1.82) is 5.26 Å². The second-order valence-electron chi connectivity index (χ2n) is 6.80. The average molecular weight is 392 g/mol. The van der Waals surface area contributed by atoms with E-state index < -0.39 is 0 Å². The zero-order valence-electron chi connectivity index (χ0n) is 16.3. The smallest absolute Gasteiger partial charge is 0.230 e. The molecule has 1 fully saturated rings. The summed E-state index contributed by atoms with van der Waals surface area (Å²) in [6, 6.07) is 9.66. The summed E-state index contributed by atoms with van der Waals surface area (Å²) in [4.78, 5) is 25.1. The highest BCUT2D eigenvalue weighted by Crippen LogP contribution is 2.26. The lowest BCUT2D eigenvalue weighted by molar-refractivity contribution is -0.130. The molecule has 1 aliphatic rings. The molecule has 3 heterocycles. The van der Waals surface area contributed by atoms with E-state index in [2.05, 4.69) is 16.2 Å². The van der Waals surface area contributed by atoms with Gasteiger partial charge in [-0.05, 0) is 24.3 Å². The number of nitrogens with zero attached hydrogens (tertiary/aromatic N) is 6. The number of ether oxygens (including phenoxy) is 1. The number of fused-ring (bicyclic) bond motifs is 1. The van der Waals surface area contributed by atoms with Gasteiger partial charge in [-0.1, -0.05) is 5.16 Å². The molecule has 2 aromatic heterocycles. The summed E-state index contributed by atoms with van der Waals surface area (Å²) in [5.74, 6) is 2.17. The number of benzene rings is 1. The highest BCUT2D eigenvalue weighted by molar-refractivity contribution is 5.84. The minimum absolute atomic E-state index is 0.0375. The van der Waals surface area contributed by atoms with Crippen molar-refractivity contribution in [3.63, 3.8) is 0 Å². The number of aromatic nitrogens is 3. The van der Waals surface area contributed by atoms with Crippen molar-refractivity contribution in [2.75, 3.05) is 38.2 Å². The lowest BCUT2D eigenvalue weighted by Crippen LogP contribution is -2.49. The second kappa shape index (κ2) is 7.75. The monoisotopic (exact) mass is 392 g/mol. The Morgan fingerprint density at radius 2 is 2.03 bits per heavy atom. The van der Waals surface area contributed by atoms with Crippen molar-refractivity contribution in [3.8, 4) is 11.8 Å². The maximum absolute atomic E-state index is 12.5. The average Bonchev–Trinajstić information content (AvgIpc) is 3.16. The van der Waals surface area contributed by atoms with Gasteiger partial charge in [0.15, 0.2) is 5.82 Å². The zero-order chi connectivity index (χ0) is 20.4. The van der Waals surface area contributed by atoms with Crippen LogP contribution in [0, 0.1) is 18.3 Å². The Labute approximate surface area is 167 Å². The predicted molar refractivity (Wildman–Crippen MR) is 105 cm³/mol. The third-order valence-electron chi connectivity index (χ3n) is 4.93. The SMILES string of the molecule is COc1ccc2nc(N3CCN(C(=O)Cc4noc(C)n4)CC3)c(C#N)cc2c1. The summed E-state index contributed by atoms with van der Waals surface area (Å²) < 4.78 is 10.2. The summed E-state index contributed by atoms with van der Waals surface area (Å²) in [6.07, 6.45) is 0.122. The lowest BCUT2D eigenvalue weighted by Gasteiger charge is -2.35. The van der Waals surface area contributed by atoms with Gasteiger partial charge in [-0.3, -0.25) is 4.79 Å². The number of nitriles is 1. The molecule has 1 amide bonds. The Kier molecular flexibility index (Phi) is 4.99. The van der Waals surface area contributed by atoms with Crippen LogP contribution in [0.2, 0.25) is 0 Å². The van der Waals surface area contributed by atoms with Crippen LogP contribution in [-0.2, 0) is 11.2 Å². The largest absolute Gasteiger partial charge is 0.497 e. The van der Waals surface area contributed by atoms with Crippen LogP contribution in [-0.4, -0.2) is 59.2 Å². The molecule has 9 nitrogen and oxygen atoms in total. The number of hydrogen-bond donors (Lipinski definition) is 0. The first kappa shape index (κ1) is 18.7. The molecule has 0 N–H and O–H groups in total. The number of piperazine rings is 1. The molecule has 0 aliphatic carbocycles. The van der Waals surface area contributed by atoms with Crippen LogP contribution < -0.4 is 9.64 Å².